The number of rotatable bonds is 7. The summed E-state index contributed by atoms with van der Waals surface area (Å²) in [7, 11) is 1.79. The highest BCUT2D eigenvalue weighted by molar-refractivity contribution is 14.0. The molecule has 2 N–H and O–H groups in total. The van der Waals surface area contributed by atoms with E-state index in [1.165, 1.54) is 12.8 Å². The van der Waals surface area contributed by atoms with Crippen molar-refractivity contribution in [3.8, 4) is 5.75 Å². The highest BCUT2D eigenvalue weighted by Gasteiger charge is 2.21. The lowest BCUT2D eigenvalue weighted by molar-refractivity contribution is 0.358. The third-order valence-electron chi connectivity index (χ3n) is 3.25. The lowest BCUT2D eigenvalue weighted by atomic mass is 10.2. The van der Waals surface area contributed by atoms with Crippen LogP contribution in [0.25, 0.3) is 0 Å². The van der Waals surface area contributed by atoms with Gasteiger partial charge in [-0.05, 0) is 24.8 Å². The molecular weight excluding hydrogens is 377 g/mol. The van der Waals surface area contributed by atoms with Crippen LogP contribution in [0.2, 0.25) is 0 Å². The van der Waals surface area contributed by atoms with Gasteiger partial charge in [0.25, 0.3) is 0 Å². The predicted molar refractivity (Wildman–Crippen MR) is 98.5 cm³/mol. The minimum atomic E-state index is 0. The molecule has 0 aliphatic heterocycles. The molecule has 1 aliphatic carbocycles. The molecule has 0 unspecified atom stereocenters. The van der Waals surface area contributed by atoms with E-state index in [0.29, 0.717) is 13.2 Å². The van der Waals surface area contributed by atoms with Crippen molar-refractivity contribution >= 4 is 29.9 Å². The Morgan fingerprint density at radius 1 is 1.38 bits per heavy atom. The lowest BCUT2D eigenvalue weighted by Gasteiger charge is -2.14. The fraction of sp³-hybridized carbons (Fsp3) is 0.438. The molecule has 0 atom stereocenters. The monoisotopic (exact) mass is 401 g/mol. The SMILES string of the molecule is C=CCOc1ccccc1CNC(=NC)NCC1CC1.I. The number of aliphatic imine (C=N–C) groups is 1. The Bertz CT molecular complexity index is 472. The summed E-state index contributed by atoms with van der Waals surface area (Å²) in [5.41, 5.74) is 1.11. The van der Waals surface area contributed by atoms with E-state index >= 15 is 0 Å². The van der Waals surface area contributed by atoms with Gasteiger partial charge in [0, 0.05) is 25.7 Å². The van der Waals surface area contributed by atoms with Gasteiger partial charge in [-0.1, -0.05) is 30.9 Å². The van der Waals surface area contributed by atoms with Gasteiger partial charge in [-0.15, -0.1) is 24.0 Å². The Balaban J connectivity index is 0.00000220. The van der Waals surface area contributed by atoms with Crippen molar-refractivity contribution in [2.75, 3.05) is 20.2 Å². The van der Waals surface area contributed by atoms with Gasteiger partial charge in [-0.2, -0.15) is 0 Å². The number of nitrogens with one attached hydrogen (secondary N) is 2. The first-order valence-electron chi connectivity index (χ1n) is 7.09. The molecule has 0 heterocycles. The fourth-order valence-electron chi connectivity index (χ4n) is 1.90. The topological polar surface area (TPSA) is 45.6 Å². The van der Waals surface area contributed by atoms with Crippen LogP contribution >= 0.6 is 24.0 Å². The maximum absolute atomic E-state index is 5.64. The van der Waals surface area contributed by atoms with E-state index < -0.39 is 0 Å². The maximum Gasteiger partial charge on any atom is 0.191 e. The molecule has 1 fully saturated rings. The molecule has 1 aromatic rings. The van der Waals surface area contributed by atoms with Gasteiger partial charge in [0.2, 0.25) is 0 Å². The van der Waals surface area contributed by atoms with Crippen molar-refractivity contribution in [3.05, 3.63) is 42.5 Å². The second-order valence-corrected chi connectivity index (χ2v) is 4.96. The molecular formula is C16H24IN3O. The summed E-state index contributed by atoms with van der Waals surface area (Å²) in [6.45, 7) is 5.89. The van der Waals surface area contributed by atoms with E-state index in [1.54, 1.807) is 13.1 Å². The summed E-state index contributed by atoms with van der Waals surface area (Å²) in [5.74, 6) is 2.56. The zero-order valence-electron chi connectivity index (χ0n) is 12.5. The van der Waals surface area contributed by atoms with E-state index in [2.05, 4.69) is 28.3 Å². The first-order chi connectivity index (χ1) is 9.83. The number of ether oxygens (including phenoxy) is 1. The average Bonchev–Trinajstić information content (AvgIpc) is 3.30. The first kappa shape index (κ1) is 17.8. The molecule has 1 saturated carbocycles. The molecule has 2 rings (SSSR count). The minimum Gasteiger partial charge on any atom is -0.489 e. The number of benzene rings is 1. The zero-order chi connectivity index (χ0) is 14.2. The van der Waals surface area contributed by atoms with Gasteiger partial charge < -0.3 is 15.4 Å². The highest BCUT2D eigenvalue weighted by atomic mass is 127. The number of halogens is 1. The third-order valence-corrected chi connectivity index (χ3v) is 3.25. The molecule has 0 saturated heterocycles. The van der Waals surface area contributed by atoms with Crippen LogP contribution in [-0.2, 0) is 6.54 Å². The normalized spacial score (nSPS) is 14.0. The van der Waals surface area contributed by atoms with Crippen LogP contribution in [0.3, 0.4) is 0 Å². The van der Waals surface area contributed by atoms with E-state index in [-0.39, 0.29) is 24.0 Å². The Labute approximate surface area is 144 Å². The first-order valence-corrected chi connectivity index (χ1v) is 7.09. The number of guanidine groups is 1. The quantitative estimate of drug-likeness (QED) is 0.320. The van der Waals surface area contributed by atoms with Crippen LogP contribution in [0.1, 0.15) is 18.4 Å². The second-order valence-electron chi connectivity index (χ2n) is 4.96. The van der Waals surface area contributed by atoms with Crippen LogP contribution < -0.4 is 15.4 Å². The summed E-state index contributed by atoms with van der Waals surface area (Å²) < 4.78 is 5.64. The van der Waals surface area contributed by atoms with Crippen molar-refractivity contribution in [1.29, 1.82) is 0 Å². The summed E-state index contributed by atoms with van der Waals surface area (Å²) in [6, 6.07) is 8.01. The molecule has 21 heavy (non-hydrogen) atoms. The summed E-state index contributed by atoms with van der Waals surface area (Å²) in [4.78, 5) is 4.23. The van der Waals surface area contributed by atoms with Crippen molar-refractivity contribution in [2.45, 2.75) is 19.4 Å². The molecule has 4 nitrogen and oxygen atoms in total. The standard InChI is InChI=1S/C16H23N3O.HI/c1-3-10-20-15-7-5-4-6-14(15)12-19-16(17-2)18-11-13-8-9-13;/h3-7,13H,1,8-12H2,2H3,(H2,17,18,19);1H. The smallest absolute Gasteiger partial charge is 0.191 e. The molecule has 1 aliphatic rings. The Morgan fingerprint density at radius 3 is 2.81 bits per heavy atom. The van der Waals surface area contributed by atoms with Crippen LogP contribution in [0, 0.1) is 5.92 Å². The van der Waals surface area contributed by atoms with Crippen LogP contribution in [0.4, 0.5) is 0 Å². The molecule has 0 amide bonds. The van der Waals surface area contributed by atoms with Gasteiger partial charge in [-0.25, -0.2) is 0 Å². The third kappa shape index (κ3) is 6.37. The highest BCUT2D eigenvalue weighted by Crippen LogP contribution is 2.27. The van der Waals surface area contributed by atoms with E-state index in [0.717, 1.165) is 29.7 Å². The van der Waals surface area contributed by atoms with E-state index in [9.17, 15) is 0 Å². The summed E-state index contributed by atoms with van der Waals surface area (Å²) in [6.07, 6.45) is 4.42. The zero-order valence-corrected chi connectivity index (χ0v) is 14.8. The van der Waals surface area contributed by atoms with Crippen molar-refractivity contribution < 1.29 is 4.74 Å². The van der Waals surface area contributed by atoms with Crippen molar-refractivity contribution in [2.24, 2.45) is 10.9 Å². The van der Waals surface area contributed by atoms with Crippen LogP contribution in [-0.4, -0.2) is 26.2 Å². The van der Waals surface area contributed by atoms with E-state index in [1.807, 2.05) is 18.2 Å². The molecule has 0 spiro atoms. The minimum absolute atomic E-state index is 0. The molecule has 5 heteroatoms. The van der Waals surface area contributed by atoms with Crippen molar-refractivity contribution in [1.82, 2.24) is 10.6 Å². The second kappa shape index (κ2) is 9.65. The molecule has 0 aromatic heterocycles. The largest absolute Gasteiger partial charge is 0.489 e. The predicted octanol–water partition coefficient (Wildman–Crippen LogP) is 2.94. The Morgan fingerprint density at radius 2 is 2.14 bits per heavy atom. The fourth-order valence-corrected chi connectivity index (χ4v) is 1.90. The Kier molecular flexibility index (Phi) is 8.19. The van der Waals surface area contributed by atoms with Crippen LogP contribution in [0.5, 0.6) is 5.75 Å². The van der Waals surface area contributed by atoms with Gasteiger partial charge >= 0.3 is 0 Å². The molecule has 116 valence electrons. The van der Waals surface area contributed by atoms with E-state index in [4.69, 9.17) is 4.74 Å². The summed E-state index contributed by atoms with van der Waals surface area (Å²) in [5, 5.41) is 6.66. The number of para-hydroxylation sites is 1. The van der Waals surface area contributed by atoms with Gasteiger partial charge in [0.1, 0.15) is 12.4 Å². The maximum atomic E-state index is 5.64. The van der Waals surface area contributed by atoms with Gasteiger partial charge in [0.15, 0.2) is 5.96 Å². The molecule has 1 aromatic carbocycles. The number of nitrogens with zero attached hydrogens (tertiary/aromatic N) is 1. The number of hydrogen-bond donors (Lipinski definition) is 2. The number of hydrogen-bond acceptors (Lipinski definition) is 2. The molecule has 0 radical (unpaired) electrons. The Hall–Kier alpha value is -1.24. The summed E-state index contributed by atoms with van der Waals surface area (Å²) >= 11 is 0. The van der Waals surface area contributed by atoms with Crippen LogP contribution in [0.15, 0.2) is 41.9 Å². The van der Waals surface area contributed by atoms with Gasteiger partial charge in [0.05, 0.1) is 0 Å². The van der Waals surface area contributed by atoms with Crippen molar-refractivity contribution in [3.63, 3.8) is 0 Å². The van der Waals surface area contributed by atoms with Gasteiger partial charge in [-0.3, -0.25) is 4.99 Å². The molecule has 0 bridgehead atoms. The lowest BCUT2D eigenvalue weighted by Crippen LogP contribution is -2.37. The average molecular weight is 401 g/mol.